The van der Waals surface area contributed by atoms with Crippen LogP contribution in [-0.4, -0.2) is 24.2 Å². The summed E-state index contributed by atoms with van der Waals surface area (Å²) in [5.41, 5.74) is 5.97. The molecule has 0 heterocycles. The monoisotopic (exact) mass is 678 g/mol. The Morgan fingerprint density at radius 1 is 0.757 bits per heavy atom. The molecule has 11 radical (unpaired) electrons. The first-order chi connectivity index (χ1) is 16.3. The number of hydrogen-bond acceptors (Lipinski definition) is 0. The van der Waals surface area contributed by atoms with Gasteiger partial charge in [-0.3, -0.25) is 0 Å². The maximum Gasteiger partial charge on any atom is 0.0626 e. The Kier molecular flexibility index (Phi) is 14.3. The van der Waals surface area contributed by atoms with Gasteiger partial charge in [0.2, 0.25) is 0 Å². The fourth-order valence-electron chi connectivity index (χ4n) is 7.27. The molecule has 0 N–H and O–H groups in total. The first-order valence-electron chi connectivity index (χ1n) is 14.6. The van der Waals surface area contributed by atoms with Crippen LogP contribution in [-0.2, 0) is 0 Å². The summed E-state index contributed by atoms with van der Waals surface area (Å²) in [6.45, 7) is 36.2. The molecule has 3 fully saturated rings. The van der Waals surface area contributed by atoms with Crippen molar-refractivity contribution in [3.63, 3.8) is 0 Å². The van der Waals surface area contributed by atoms with Crippen LogP contribution in [0.1, 0.15) is 67.7 Å². The van der Waals surface area contributed by atoms with Crippen LogP contribution in [0, 0.1) is 125 Å². The second kappa shape index (κ2) is 14.3. The number of hydrogen-bond donors (Lipinski definition) is 0. The minimum atomic E-state index is -1.66. The molecule has 0 aromatic rings. The molecule has 0 nitrogen and oxygen atoms in total. The molecule has 3 saturated carbocycles. The second-order valence-corrected chi connectivity index (χ2v) is 30.2. The summed E-state index contributed by atoms with van der Waals surface area (Å²) in [6, 6.07) is 0. The van der Waals surface area contributed by atoms with Crippen molar-refractivity contribution in [2.24, 2.45) is 23.7 Å². The standard InChI is InChI=1S/C26H40Si.C7H19Si2.La/c1-16(2)24-13-10-17(3)14-25(24)22-11-12-23(15-22)27(8,9)26-20(6)18(4)19(5)21(26)7;1-8(2,3)7-9(4,5)6;/h11-12,15-17,24-25H,10,13-14H2,1-9H3;7H,1-6H3;/q;-1;/t17-,24+,25-;;/m1../s1. The third-order valence-corrected chi connectivity index (χ3v) is 19.6. The second-order valence-electron chi connectivity index (χ2n) is 15.2. The minimum absolute atomic E-state index is 0. The Morgan fingerprint density at radius 3 is 1.65 bits per heavy atom. The smallest absolute Gasteiger partial charge is 0.0626 e. The molecule has 4 heteroatoms. The average molecular weight is 679 g/mol. The zero-order valence-electron chi connectivity index (χ0n) is 27.3. The van der Waals surface area contributed by atoms with Crippen molar-refractivity contribution < 1.29 is 35.6 Å². The summed E-state index contributed by atoms with van der Waals surface area (Å²) in [4.78, 5) is 0. The third-order valence-electron chi connectivity index (χ3n) is 8.88. The summed E-state index contributed by atoms with van der Waals surface area (Å²) < 4.78 is 0. The van der Waals surface area contributed by atoms with Crippen LogP contribution in [0.4, 0.5) is 0 Å². The van der Waals surface area contributed by atoms with Gasteiger partial charge in [-0.05, 0) is 96.4 Å². The molecular formula is C33H59LaSi3-. The largest absolute Gasteiger partial charge is 0.327 e. The van der Waals surface area contributed by atoms with Gasteiger partial charge in [-0.15, -0.1) is 16.1 Å². The summed E-state index contributed by atoms with van der Waals surface area (Å²) in [6.07, 6.45) is 11.8. The van der Waals surface area contributed by atoms with Crippen molar-refractivity contribution >= 4 is 24.2 Å². The SMILES string of the molecule is C[C]1[C](C)[C](C)[C]([Si](C)(C)[C]2[CH][CH][C]([C@H]3C[C@H](C)CC[C@H]3C(C)C)[CH]2)[C]1C.C[Si](C)(C)[CH-][Si](C)(C)C.[La]. The van der Waals surface area contributed by atoms with E-state index in [0.29, 0.717) is 0 Å². The van der Waals surface area contributed by atoms with Gasteiger partial charge < -0.3 is 5.67 Å². The summed E-state index contributed by atoms with van der Waals surface area (Å²) >= 11 is 0. The zero-order valence-corrected chi connectivity index (χ0v) is 33.9. The van der Waals surface area contributed by atoms with Crippen molar-refractivity contribution in [3.05, 3.63) is 65.6 Å². The molecule has 3 aliphatic carbocycles. The summed E-state index contributed by atoms with van der Waals surface area (Å²) in [5.74, 6) is 11.0. The first-order valence-corrected chi connectivity index (χ1v) is 24.8. The van der Waals surface area contributed by atoms with E-state index in [-0.39, 0.29) is 35.6 Å². The van der Waals surface area contributed by atoms with Crippen LogP contribution in [0.5, 0.6) is 0 Å². The molecule has 0 aromatic carbocycles. The Labute approximate surface area is 267 Å². The van der Waals surface area contributed by atoms with Crippen LogP contribution in [0.2, 0.25) is 52.4 Å². The molecule has 207 valence electrons. The Hall–Kier alpha value is 1.85. The molecule has 37 heavy (non-hydrogen) atoms. The van der Waals surface area contributed by atoms with Crippen LogP contribution < -0.4 is 0 Å². The molecule has 0 bridgehead atoms. The number of rotatable bonds is 6. The van der Waals surface area contributed by atoms with Gasteiger partial charge in [0.1, 0.15) is 0 Å². The molecular weight excluding hydrogens is 620 g/mol. The van der Waals surface area contributed by atoms with E-state index < -0.39 is 24.2 Å². The van der Waals surface area contributed by atoms with Gasteiger partial charge in [-0.1, -0.05) is 107 Å². The van der Waals surface area contributed by atoms with Gasteiger partial charge in [0.15, 0.2) is 0 Å². The minimum Gasteiger partial charge on any atom is -0.327 e. The molecule has 3 atom stereocenters. The van der Waals surface area contributed by atoms with E-state index in [9.17, 15) is 0 Å². The van der Waals surface area contributed by atoms with Gasteiger partial charge in [0, 0.05) is 35.6 Å². The topological polar surface area (TPSA) is 0 Å². The molecule has 3 rings (SSSR count). The van der Waals surface area contributed by atoms with E-state index in [1.807, 2.05) is 0 Å². The van der Waals surface area contributed by atoms with Crippen molar-refractivity contribution in [1.82, 2.24) is 0 Å². The maximum atomic E-state index is 2.65. The van der Waals surface area contributed by atoms with Gasteiger partial charge in [0.05, 0.1) is 8.07 Å². The van der Waals surface area contributed by atoms with E-state index in [0.717, 1.165) is 23.7 Å². The van der Waals surface area contributed by atoms with Gasteiger partial charge in [-0.2, -0.15) is 0 Å². The van der Waals surface area contributed by atoms with Crippen molar-refractivity contribution in [2.75, 3.05) is 0 Å². The van der Waals surface area contributed by atoms with E-state index >= 15 is 0 Å². The summed E-state index contributed by atoms with van der Waals surface area (Å²) in [5, 5.41) is 0. The van der Waals surface area contributed by atoms with Crippen LogP contribution >= 0.6 is 0 Å². The Balaban J connectivity index is 0.000000589. The Bertz CT molecular complexity index is 650. The predicted octanol–water partition coefficient (Wildman–Crippen LogP) is 10.2. The fourth-order valence-corrected chi connectivity index (χ4v) is 21.2. The van der Waals surface area contributed by atoms with E-state index in [1.54, 1.807) is 28.8 Å². The molecule has 0 aliphatic heterocycles. The van der Waals surface area contributed by atoms with Gasteiger partial charge in [-0.25, -0.2) is 0 Å². The quantitative estimate of drug-likeness (QED) is 0.194. The predicted molar refractivity (Wildman–Crippen MR) is 172 cm³/mol. The average Bonchev–Trinajstić information content (AvgIpc) is 3.27. The van der Waals surface area contributed by atoms with Crippen LogP contribution in [0.3, 0.4) is 0 Å². The zero-order chi connectivity index (χ0) is 27.8. The van der Waals surface area contributed by atoms with Crippen molar-refractivity contribution in [3.8, 4) is 0 Å². The van der Waals surface area contributed by atoms with E-state index in [2.05, 4.69) is 126 Å². The van der Waals surface area contributed by atoms with Crippen molar-refractivity contribution in [1.29, 1.82) is 0 Å². The molecule has 0 spiro atoms. The molecule has 0 unspecified atom stereocenters. The summed E-state index contributed by atoms with van der Waals surface area (Å²) in [7, 11) is -3.38. The van der Waals surface area contributed by atoms with Crippen LogP contribution in [0.15, 0.2) is 0 Å². The van der Waals surface area contributed by atoms with Crippen molar-refractivity contribution in [2.45, 2.75) is 120 Å². The Morgan fingerprint density at radius 2 is 1.24 bits per heavy atom. The first kappa shape index (κ1) is 36.9. The van der Waals surface area contributed by atoms with Gasteiger partial charge >= 0.3 is 0 Å². The molecule has 3 aliphatic rings. The normalized spacial score (nSPS) is 29.0. The molecule has 0 amide bonds. The van der Waals surface area contributed by atoms with Crippen LogP contribution in [0.25, 0.3) is 0 Å². The third kappa shape index (κ3) is 9.97. The fraction of sp³-hybridized carbons (Fsp3) is 0.667. The van der Waals surface area contributed by atoms with E-state index in [4.69, 9.17) is 0 Å². The molecule has 0 aromatic heterocycles. The van der Waals surface area contributed by atoms with Gasteiger partial charge in [0.25, 0.3) is 0 Å². The maximum absolute atomic E-state index is 2.65. The molecule has 0 saturated heterocycles. The van der Waals surface area contributed by atoms with E-state index in [1.165, 1.54) is 31.1 Å².